The Morgan fingerprint density at radius 3 is 1.18 bits per heavy atom. The molecular weight excluding hydrogens is 1200 g/mol. The molecule has 0 amide bonds. The molecule has 15 nitrogen and oxygen atoms in total. The predicted octanol–water partition coefficient (Wildman–Crippen LogP) is 21.5. The van der Waals surface area contributed by atoms with Gasteiger partial charge in [-0.1, -0.05) is 98.1 Å². The van der Waals surface area contributed by atoms with Crippen LogP contribution in [0.15, 0.2) is 251 Å². The number of rotatable bonds is 33. The van der Waals surface area contributed by atoms with Crippen LogP contribution < -0.4 is 29.6 Å². The van der Waals surface area contributed by atoms with Gasteiger partial charge in [0, 0.05) is 57.2 Å². The van der Waals surface area contributed by atoms with Crippen molar-refractivity contribution in [2.24, 2.45) is 20.5 Å². The number of nitrogens with zero attached hydrogens (tertiary/aromatic N) is 4. The summed E-state index contributed by atoms with van der Waals surface area (Å²) in [5, 5.41) is 30.3. The lowest BCUT2D eigenvalue weighted by atomic mass is 10.0. The third-order valence-electron chi connectivity index (χ3n) is 16.0. The Morgan fingerprint density at radius 2 is 0.750 bits per heavy atom. The van der Waals surface area contributed by atoms with Crippen molar-refractivity contribution in [2.75, 3.05) is 37.1 Å². The summed E-state index contributed by atoms with van der Waals surface area (Å²) in [7, 11) is 0. The van der Waals surface area contributed by atoms with Crippen LogP contribution in [0.2, 0.25) is 0 Å². The first-order chi connectivity index (χ1) is 46.8. The minimum atomic E-state index is -0.453. The second-order valence-electron chi connectivity index (χ2n) is 23.6. The highest BCUT2D eigenvalue weighted by Crippen LogP contribution is 2.38. The fraction of sp³-hybridized carbons (Fsp3) is 0.222. The van der Waals surface area contributed by atoms with Crippen molar-refractivity contribution in [3.63, 3.8) is 0 Å². The molecular formula is C81H80N6O9. The SMILES string of the molecule is C=C(C)C(=O)OCCCCCCOc1ccc(Oc2ccc(CNc3ccc(N=Nc4ccc(-c5ccc(N=Nc6ccc(NCc7ccc(OC(=O)c8ccc(OCCCCCCOC(=O)C(=C)C)cc8)cc7)c7ccccc67)c(C)c5)cc4C)c4ccccc34)cc2)cc1. The summed E-state index contributed by atoms with van der Waals surface area (Å²) in [6.07, 6.45) is 7.25. The second kappa shape index (κ2) is 34.1. The van der Waals surface area contributed by atoms with E-state index in [1.807, 2.05) is 110 Å². The molecule has 15 heteroatoms. The molecule has 0 bridgehead atoms. The Balaban J connectivity index is 0.669. The van der Waals surface area contributed by atoms with Gasteiger partial charge in [0.2, 0.25) is 0 Å². The standard InChI is InChI=1S/C81H80N6O9/c1-55(2)79(88)93-49-17-9-7-15-47-91-64-35-27-61(28-36-64)81(90)96-68-33-25-60(26-34-68)54-83-76-44-46-78(72-22-14-12-20-70(72)76)87-85-74-42-30-63(52-58(74)6)62-29-41-73(57(5)51-62)84-86-77-45-43-75(69-19-11-13-21-71(69)77)82-53-59-23-31-66(32-24-59)95-67-39-37-65(38-40-67)92-48-16-8-10-18-50-94-80(89)56(3)4/h11-14,19-46,51-52,82-83H,1,3,7-10,15-18,47-50,53-54H2,2,4-6H3. The van der Waals surface area contributed by atoms with Crippen molar-refractivity contribution in [3.05, 3.63) is 258 Å². The third-order valence-corrected chi connectivity index (χ3v) is 16.0. The van der Waals surface area contributed by atoms with Crippen LogP contribution in [0.3, 0.4) is 0 Å². The number of nitrogens with one attached hydrogen (secondary N) is 2. The molecule has 0 saturated heterocycles. The number of aryl methyl sites for hydroxylation is 2. The van der Waals surface area contributed by atoms with Gasteiger partial charge in [-0.3, -0.25) is 0 Å². The lowest BCUT2D eigenvalue weighted by Crippen LogP contribution is -2.08. The van der Waals surface area contributed by atoms with Crippen molar-refractivity contribution >= 4 is 73.6 Å². The van der Waals surface area contributed by atoms with Crippen LogP contribution in [0.5, 0.6) is 28.7 Å². The molecule has 0 saturated carbocycles. The van der Waals surface area contributed by atoms with Crippen LogP contribution in [0.4, 0.5) is 34.1 Å². The van der Waals surface area contributed by atoms with Crippen LogP contribution in [0.25, 0.3) is 32.7 Å². The number of azo groups is 2. The highest BCUT2D eigenvalue weighted by molar-refractivity contribution is 6.02. The lowest BCUT2D eigenvalue weighted by Gasteiger charge is -2.12. The Hall–Kier alpha value is -11.2. The van der Waals surface area contributed by atoms with E-state index in [9.17, 15) is 14.4 Å². The highest BCUT2D eigenvalue weighted by atomic mass is 16.5. The van der Waals surface area contributed by atoms with Gasteiger partial charge in [-0.15, -0.1) is 10.2 Å². The van der Waals surface area contributed by atoms with E-state index in [2.05, 4.69) is 97.4 Å². The summed E-state index contributed by atoms with van der Waals surface area (Å²) in [4.78, 5) is 36.0. The van der Waals surface area contributed by atoms with Gasteiger partial charge < -0.3 is 39.1 Å². The molecule has 0 unspecified atom stereocenters. The van der Waals surface area contributed by atoms with Crippen LogP contribution in [-0.4, -0.2) is 44.3 Å². The van der Waals surface area contributed by atoms with Crippen LogP contribution in [0, 0.1) is 13.8 Å². The monoisotopic (exact) mass is 1280 g/mol. The normalized spacial score (nSPS) is 11.2. The van der Waals surface area contributed by atoms with Crippen molar-refractivity contribution in [1.82, 2.24) is 0 Å². The zero-order chi connectivity index (χ0) is 67.0. The number of carbonyl (C=O) groups is 3. The molecule has 2 N–H and O–H groups in total. The summed E-state index contributed by atoms with van der Waals surface area (Å²) in [6, 6.07) is 67.0. The number of esters is 3. The number of hydrogen-bond acceptors (Lipinski definition) is 15. The number of unbranched alkanes of at least 4 members (excludes halogenated alkanes) is 6. The smallest absolute Gasteiger partial charge is 0.343 e. The van der Waals surface area contributed by atoms with Crippen molar-refractivity contribution in [2.45, 2.75) is 92.2 Å². The Kier molecular flexibility index (Phi) is 24.0. The number of carbonyl (C=O) groups excluding carboxylic acids is 3. The van der Waals surface area contributed by atoms with E-state index in [-0.39, 0.29) is 11.9 Å². The van der Waals surface area contributed by atoms with Gasteiger partial charge in [0.15, 0.2) is 0 Å². The fourth-order valence-electron chi connectivity index (χ4n) is 10.6. The van der Waals surface area contributed by atoms with Crippen LogP contribution >= 0.6 is 0 Å². The zero-order valence-corrected chi connectivity index (χ0v) is 54.9. The summed E-state index contributed by atoms with van der Waals surface area (Å²) in [5.74, 6) is 2.25. The van der Waals surface area contributed by atoms with E-state index in [4.69, 9.17) is 48.9 Å². The molecule has 0 atom stereocenters. The maximum Gasteiger partial charge on any atom is 0.343 e. The minimum absolute atomic E-state index is 0.334. The first-order valence-corrected chi connectivity index (χ1v) is 32.6. The molecule has 0 heterocycles. The van der Waals surface area contributed by atoms with E-state index in [1.54, 1.807) is 50.2 Å². The van der Waals surface area contributed by atoms with Gasteiger partial charge in [-0.2, -0.15) is 10.2 Å². The number of anilines is 2. The van der Waals surface area contributed by atoms with Crippen LogP contribution in [-0.2, 0) is 32.2 Å². The van der Waals surface area contributed by atoms with Gasteiger partial charge in [0.1, 0.15) is 28.7 Å². The third kappa shape index (κ3) is 19.4. The fourth-order valence-corrected chi connectivity index (χ4v) is 10.6. The molecule has 0 aliphatic rings. The van der Waals surface area contributed by atoms with Gasteiger partial charge in [-0.05, 0) is 234 Å². The number of fused-ring (bicyclic) bond motifs is 2. The molecule has 96 heavy (non-hydrogen) atoms. The molecule has 0 spiro atoms. The lowest BCUT2D eigenvalue weighted by molar-refractivity contribution is -0.139. The Labute approximate surface area is 561 Å². The maximum absolute atomic E-state index is 13.0. The van der Waals surface area contributed by atoms with E-state index >= 15 is 0 Å². The highest BCUT2D eigenvalue weighted by Gasteiger charge is 2.14. The van der Waals surface area contributed by atoms with E-state index in [1.165, 1.54) is 0 Å². The molecule has 10 rings (SSSR count). The first-order valence-electron chi connectivity index (χ1n) is 32.6. The average molecular weight is 1280 g/mol. The Morgan fingerprint density at radius 1 is 0.385 bits per heavy atom. The number of benzene rings is 10. The van der Waals surface area contributed by atoms with Crippen molar-refractivity contribution in [3.8, 4) is 39.9 Å². The summed E-state index contributed by atoms with van der Waals surface area (Å²) >= 11 is 0. The number of hydrogen-bond donors (Lipinski definition) is 2. The molecule has 0 radical (unpaired) electrons. The van der Waals surface area contributed by atoms with Gasteiger partial charge >= 0.3 is 17.9 Å². The topological polar surface area (TPSA) is 180 Å². The average Bonchev–Trinajstić information content (AvgIpc) is 0.840. The van der Waals surface area contributed by atoms with Gasteiger partial charge in [-0.25, -0.2) is 14.4 Å². The van der Waals surface area contributed by atoms with E-state index in [0.29, 0.717) is 67.7 Å². The number of ether oxygens (including phenoxy) is 6. The zero-order valence-electron chi connectivity index (χ0n) is 54.9. The molecule has 488 valence electrons. The van der Waals surface area contributed by atoms with E-state index in [0.717, 1.165) is 158 Å². The predicted molar refractivity (Wildman–Crippen MR) is 383 cm³/mol. The molecule has 0 aliphatic heterocycles. The first kappa shape index (κ1) is 67.7. The summed E-state index contributed by atoms with van der Waals surface area (Å²) in [6.45, 7) is 17.7. The van der Waals surface area contributed by atoms with Gasteiger partial charge in [0.25, 0.3) is 0 Å². The second-order valence-corrected chi connectivity index (χ2v) is 23.6. The molecule has 0 fully saturated rings. The van der Waals surface area contributed by atoms with Crippen molar-refractivity contribution in [1.29, 1.82) is 0 Å². The molecule has 0 aromatic heterocycles. The summed E-state index contributed by atoms with van der Waals surface area (Å²) in [5.41, 5.74) is 12.6. The molecule has 0 aliphatic carbocycles. The van der Waals surface area contributed by atoms with Crippen LogP contribution in [0.1, 0.15) is 97.8 Å². The largest absolute Gasteiger partial charge is 0.494 e. The van der Waals surface area contributed by atoms with Crippen molar-refractivity contribution < 1.29 is 42.8 Å². The summed E-state index contributed by atoms with van der Waals surface area (Å²) < 4.78 is 33.9. The Bertz CT molecular complexity index is 4390. The van der Waals surface area contributed by atoms with E-state index < -0.39 is 5.97 Å². The quantitative estimate of drug-likeness (QED) is 0.0131. The maximum atomic E-state index is 13.0. The molecule has 10 aromatic rings. The minimum Gasteiger partial charge on any atom is -0.494 e. The van der Waals surface area contributed by atoms with Gasteiger partial charge in [0.05, 0.1) is 54.7 Å². The molecule has 10 aromatic carbocycles.